The number of amides is 1. The van der Waals surface area contributed by atoms with Crippen LogP contribution in [0.3, 0.4) is 0 Å². The number of aromatic nitrogens is 2. The van der Waals surface area contributed by atoms with Crippen molar-refractivity contribution in [2.45, 2.75) is 58.7 Å². The molecule has 1 aliphatic heterocycles. The number of benzene rings is 1. The van der Waals surface area contributed by atoms with Gasteiger partial charge in [0.15, 0.2) is 5.76 Å². The van der Waals surface area contributed by atoms with Crippen molar-refractivity contribution in [2.24, 2.45) is 0 Å². The quantitative estimate of drug-likeness (QED) is 0.567. The summed E-state index contributed by atoms with van der Waals surface area (Å²) in [5, 5.41) is 0. The molecule has 2 aromatic heterocycles. The highest BCUT2D eigenvalue weighted by Gasteiger charge is 2.29. The molecule has 1 saturated heterocycles. The van der Waals surface area contributed by atoms with E-state index in [9.17, 15) is 4.79 Å². The zero-order chi connectivity index (χ0) is 20.9. The van der Waals surface area contributed by atoms with Crippen LogP contribution >= 0.6 is 0 Å². The van der Waals surface area contributed by atoms with Gasteiger partial charge in [0.05, 0.1) is 11.8 Å². The lowest BCUT2D eigenvalue weighted by atomic mass is 9.98. The highest BCUT2D eigenvalue weighted by atomic mass is 16.5. The Balaban J connectivity index is 1.42. The van der Waals surface area contributed by atoms with Gasteiger partial charge in [-0.05, 0) is 57.7 Å². The van der Waals surface area contributed by atoms with E-state index in [-0.39, 0.29) is 18.6 Å². The number of piperidine rings is 1. The van der Waals surface area contributed by atoms with E-state index in [1.807, 2.05) is 55.4 Å². The topological polar surface area (TPSA) is 60.5 Å². The van der Waals surface area contributed by atoms with Crippen LogP contribution in [0.25, 0.3) is 0 Å². The van der Waals surface area contributed by atoms with Gasteiger partial charge in [-0.25, -0.2) is 4.98 Å². The molecule has 0 bridgehead atoms. The van der Waals surface area contributed by atoms with Gasteiger partial charge in [-0.3, -0.25) is 4.79 Å². The first-order chi connectivity index (χ1) is 14.6. The number of hydrogen-bond acceptors (Lipinski definition) is 4. The number of carbonyl (C=O) groups excluding carboxylic acids is 1. The van der Waals surface area contributed by atoms with Gasteiger partial charge in [-0.15, -0.1) is 0 Å². The smallest absolute Gasteiger partial charge is 0.257 e. The van der Waals surface area contributed by atoms with Crippen molar-refractivity contribution in [2.75, 3.05) is 6.54 Å². The number of hydrogen-bond donors (Lipinski definition) is 0. The molecule has 30 heavy (non-hydrogen) atoms. The van der Waals surface area contributed by atoms with Crippen LogP contribution < -0.4 is 4.74 Å². The number of imidazole rings is 1. The third-order valence-corrected chi connectivity index (χ3v) is 5.88. The van der Waals surface area contributed by atoms with E-state index in [0.717, 1.165) is 50.3 Å². The molecule has 0 saturated carbocycles. The summed E-state index contributed by atoms with van der Waals surface area (Å²) in [5.41, 5.74) is 1.78. The summed E-state index contributed by atoms with van der Waals surface area (Å²) < 4.78 is 13.6. The normalized spacial score (nSPS) is 16.6. The fourth-order valence-electron chi connectivity index (χ4n) is 4.08. The van der Waals surface area contributed by atoms with E-state index in [0.29, 0.717) is 11.3 Å². The van der Waals surface area contributed by atoms with Crippen molar-refractivity contribution in [3.05, 3.63) is 71.7 Å². The van der Waals surface area contributed by atoms with Gasteiger partial charge in [0, 0.05) is 31.5 Å². The molecule has 1 unspecified atom stereocenters. The Hall–Kier alpha value is -3.02. The minimum absolute atomic E-state index is 0.0401. The summed E-state index contributed by atoms with van der Waals surface area (Å²) in [7, 11) is 0. The highest BCUT2D eigenvalue weighted by Crippen LogP contribution is 2.25. The van der Waals surface area contributed by atoms with Gasteiger partial charge in [-0.2, -0.15) is 0 Å². The molecular formula is C24H29N3O3. The predicted molar refractivity (Wildman–Crippen MR) is 114 cm³/mol. The number of carbonyl (C=O) groups is 1. The Labute approximate surface area is 177 Å². The second-order valence-electron chi connectivity index (χ2n) is 7.96. The number of furan rings is 1. The van der Waals surface area contributed by atoms with Gasteiger partial charge in [0.25, 0.3) is 5.91 Å². The molecular weight excluding hydrogens is 378 g/mol. The minimum Gasteiger partial charge on any atom is -0.486 e. The molecule has 6 heteroatoms. The maximum Gasteiger partial charge on any atom is 0.257 e. The number of aryl methyl sites for hydroxylation is 3. The molecule has 6 nitrogen and oxygen atoms in total. The van der Waals surface area contributed by atoms with Gasteiger partial charge >= 0.3 is 0 Å². The lowest BCUT2D eigenvalue weighted by Gasteiger charge is -2.36. The van der Waals surface area contributed by atoms with Gasteiger partial charge in [0.1, 0.15) is 18.2 Å². The maximum absolute atomic E-state index is 13.4. The maximum atomic E-state index is 13.4. The summed E-state index contributed by atoms with van der Waals surface area (Å²) in [4.78, 5) is 19.7. The molecule has 1 atom stereocenters. The van der Waals surface area contributed by atoms with Crippen molar-refractivity contribution in [3.8, 4) is 5.75 Å². The number of nitrogens with zero attached hydrogens (tertiary/aromatic N) is 3. The average Bonchev–Trinajstić information content (AvgIpc) is 3.40. The lowest BCUT2D eigenvalue weighted by Crippen LogP contribution is -2.44. The molecule has 3 aromatic rings. The molecule has 1 fully saturated rings. The average molecular weight is 408 g/mol. The summed E-state index contributed by atoms with van der Waals surface area (Å²) in [6, 6.07) is 9.86. The molecule has 1 aliphatic rings. The molecule has 0 radical (unpaired) electrons. The van der Waals surface area contributed by atoms with Crippen molar-refractivity contribution in [3.63, 3.8) is 0 Å². The van der Waals surface area contributed by atoms with E-state index in [4.69, 9.17) is 9.15 Å². The SMILES string of the molecule is Cc1ccc(OCc2occc2C(=O)N2CCCCC2CCn2ccnc2C)cc1. The Morgan fingerprint density at radius 1 is 1.20 bits per heavy atom. The molecule has 0 spiro atoms. The lowest BCUT2D eigenvalue weighted by molar-refractivity contribution is 0.0590. The Morgan fingerprint density at radius 2 is 2.03 bits per heavy atom. The minimum atomic E-state index is 0.0401. The van der Waals surface area contributed by atoms with Crippen molar-refractivity contribution in [1.29, 1.82) is 0 Å². The summed E-state index contributed by atoms with van der Waals surface area (Å²) in [6.07, 6.45) is 9.56. The molecule has 0 N–H and O–H groups in total. The number of rotatable bonds is 7. The fraction of sp³-hybridized carbons (Fsp3) is 0.417. The Kier molecular flexibility index (Phi) is 6.21. The van der Waals surface area contributed by atoms with E-state index in [1.165, 1.54) is 5.56 Å². The fourth-order valence-corrected chi connectivity index (χ4v) is 4.08. The van der Waals surface area contributed by atoms with Crippen LogP contribution in [-0.4, -0.2) is 32.9 Å². The second-order valence-corrected chi connectivity index (χ2v) is 7.96. The largest absolute Gasteiger partial charge is 0.486 e. The molecule has 158 valence electrons. The van der Waals surface area contributed by atoms with Crippen LogP contribution in [0.15, 0.2) is 53.4 Å². The molecule has 1 amide bonds. The third kappa shape index (κ3) is 4.58. The van der Waals surface area contributed by atoms with Crippen LogP contribution in [0.2, 0.25) is 0 Å². The van der Waals surface area contributed by atoms with E-state index >= 15 is 0 Å². The van der Waals surface area contributed by atoms with E-state index in [2.05, 4.69) is 9.55 Å². The zero-order valence-corrected chi connectivity index (χ0v) is 17.7. The van der Waals surface area contributed by atoms with Crippen molar-refractivity contribution < 1.29 is 13.9 Å². The summed E-state index contributed by atoms with van der Waals surface area (Å²) >= 11 is 0. The van der Waals surface area contributed by atoms with Crippen LogP contribution in [-0.2, 0) is 13.2 Å². The standard InChI is InChI=1S/C24H29N3O3/c1-18-6-8-21(9-7-18)30-17-23-22(11-16-29-23)24(28)27-13-4-3-5-20(27)10-14-26-15-12-25-19(26)2/h6-9,11-12,15-16,20H,3-5,10,13-14,17H2,1-2H3. The van der Waals surface area contributed by atoms with Gasteiger partial charge < -0.3 is 18.6 Å². The highest BCUT2D eigenvalue weighted by molar-refractivity contribution is 5.95. The van der Waals surface area contributed by atoms with Crippen LogP contribution in [0.5, 0.6) is 5.75 Å². The van der Waals surface area contributed by atoms with Crippen LogP contribution in [0, 0.1) is 13.8 Å². The van der Waals surface area contributed by atoms with Crippen molar-refractivity contribution in [1.82, 2.24) is 14.5 Å². The first-order valence-corrected chi connectivity index (χ1v) is 10.7. The van der Waals surface area contributed by atoms with Gasteiger partial charge in [0.2, 0.25) is 0 Å². The van der Waals surface area contributed by atoms with Crippen molar-refractivity contribution >= 4 is 5.91 Å². The van der Waals surface area contributed by atoms with Crippen LogP contribution in [0.1, 0.15) is 53.2 Å². The van der Waals surface area contributed by atoms with Crippen LogP contribution in [0.4, 0.5) is 0 Å². The zero-order valence-electron chi connectivity index (χ0n) is 17.7. The third-order valence-electron chi connectivity index (χ3n) is 5.88. The summed E-state index contributed by atoms with van der Waals surface area (Å²) in [5.74, 6) is 2.39. The first kappa shape index (κ1) is 20.3. The summed E-state index contributed by atoms with van der Waals surface area (Å²) in [6.45, 7) is 5.95. The van der Waals surface area contributed by atoms with E-state index < -0.39 is 0 Å². The number of ether oxygens (including phenoxy) is 1. The number of likely N-dealkylation sites (tertiary alicyclic amines) is 1. The Morgan fingerprint density at radius 3 is 2.80 bits per heavy atom. The molecule has 3 heterocycles. The van der Waals surface area contributed by atoms with Gasteiger partial charge in [-0.1, -0.05) is 17.7 Å². The predicted octanol–water partition coefficient (Wildman–Crippen LogP) is 4.76. The first-order valence-electron chi connectivity index (χ1n) is 10.7. The van der Waals surface area contributed by atoms with E-state index in [1.54, 1.807) is 12.3 Å². The molecule has 4 rings (SSSR count). The monoisotopic (exact) mass is 407 g/mol. The second kappa shape index (κ2) is 9.20. The molecule has 1 aromatic carbocycles. The molecule has 0 aliphatic carbocycles. The Bertz CT molecular complexity index is 974.